The molecule has 0 amide bonds. The van der Waals surface area contributed by atoms with Gasteiger partial charge in [0.25, 0.3) is 0 Å². The van der Waals surface area contributed by atoms with Gasteiger partial charge >= 0.3 is 0 Å². The summed E-state index contributed by atoms with van der Waals surface area (Å²) in [6.45, 7) is 6.43. The third-order valence-corrected chi connectivity index (χ3v) is 3.55. The highest BCUT2D eigenvalue weighted by Crippen LogP contribution is 2.10. The smallest absolute Gasteiger partial charge is 0.0537 e. The fourth-order valence-corrected chi connectivity index (χ4v) is 2.29. The number of nitrogens with zero attached hydrogens (tertiary/aromatic N) is 2. The molecule has 3 heteroatoms. The molecule has 0 fully saturated rings. The fraction of sp³-hybridized carbons (Fsp3) is 0.800. The molecular weight excluding hydrogens is 222 g/mol. The predicted molar refractivity (Wildman–Crippen MR) is 77.7 cm³/mol. The largest absolute Gasteiger partial charge is 0.316 e. The molecule has 1 aromatic rings. The highest BCUT2D eigenvalue weighted by atomic mass is 15.3. The van der Waals surface area contributed by atoms with Gasteiger partial charge in [0.15, 0.2) is 0 Å². The summed E-state index contributed by atoms with van der Waals surface area (Å²) in [4.78, 5) is 0. The third kappa shape index (κ3) is 5.21. The summed E-state index contributed by atoms with van der Waals surface area (Å²) < 4.78 is 2.15. The number of hydrogen-bond donors (Lipinski definition) is 1. The maximum atomic E-state index is 4.46. The lowest BCUT2D eigenvalue weighted by molar-refractivity contribution is 0.515. The molecule has 0 saturated carbocycles. The molecule has 0 saturated heterocycles. The molecule has 0 aliphatic heterocycles. The molecule has 1 N–H and O–H groups in total. The van der Waals surface area contributed by atoms with Crippen molar-refractivity contribution in [3.8, 4) is 0 Å². The lowest BCUT2D eigenvalue weighted by atomic mass is 10.1. The molecule has 0 aliphatic carbocycles. The molecule has 1 heterocycles. The van der Waals surface area contributed by atoms with Crippen LogP contribution in [0.5, 0.6) is 0 Å². The van der Waals surface area contributed by atoms with E-state index < -0.39 is 0 Å². The van der Waals surface area contributed by atoms with E-state index in [1.54, 1.807) is 0 Å². The summed E-state index contributed by atoms with van der Waals surface area (Å²) in [5, 5.41) is 7.64. The van der Waals surface area contributed by atoms with E-state index in [0.717, 1.165) is 13.1 Å². The molecule has 0 aromatic carbocycles. The SMILES string of the molecule is CCCCCCCCCn1ncc(CNC)c1C. The predicted octanol–water partition coefficient (Wildman–Crippen LogP) is 3.66. The van der Waals surface area contributed by atoms with Crippen LogP contribution in [0.3, 0.4) is 0 Å². The van der Waals surface area contributed by atoms with Crippen molar-refractivity contribution in [2.45, 2.75) is 71.9 Å². The van der Waals surface area contributed by atoms with Crippen molar-refractivity contribution in [2.24, 2.45) is 0 Å². The molecule has 0 bridgehead atoms. The van der Waals surface area contributed by atoms with Crippen LogP contribution in [0.15, 0.2) is 6.20 Å². The monoisotopic (exact) mass is 251 g/mol. The van der Waals surface area contributed by atoms with Gasteiger partial charge in [0.1, 0.15) is 0 Å². The Morgan fingerprint density at radius 3 is 2.44 bits per heavy atom. The first-order valence-corrected chi connectivity index (χ1v) is 7.45. The lowest BCUT2D eigenvalue weighted by Crippen LogP contribution is -2.07. The van der Waals surface area contributed by atoms with Gasteiger partial charge in [-0.3, -0.25) is 4.68 Å². The number of nitrogens with one attached hydrogen (secondary N) is 1. The van der Waals surface area contributed by atoms with E-state index in [1.807, 2.05) is 13.2 Å². The Balaban J connectivity index is 2.15. The van der Waals surface area contributed by atoms with Crippen LogP contribution in [0.4, 0.5) is 0 Å². The van der Waals surface area contributed by atoms with Gasteiger partial charge in [-0.15, -0.1) is 0 Å². The van der Waals surface area contributed by atoms with Gasteiger partial charge in [-0.2, -0.15) is 5.10 Å². The van der Waals surface area contributed by atoms with E-state index in [-0.39, 0.29) is 0 Å². The average molecular weight is 251 g/mol. The summed E-state index contributed by atoms with van der Waals surface area (Å²) in [5.41, 5.74) is 2.63. The Morgan fingerprint density at radius 2 is 1.78 bits per heavy atom. The Labute approximate surface area is 112 Å². The van der Waals surface area contributed by atoms with Crippen molar-refractivity contribution in [2.75, 3.05) is 7.05 Å². The van der Waals surface area contributed by atoms with Gasteiger partial charge in [-0.25, -0.2) is 0 Å². The molecule has 104 valence electrons. The Morgan fingerprint density at radius 1 is 1.11 bits per heavy atom. The fourth-order valence-electron chi connectivity index (χ4n) is 2.29. The molecule has 0 aliphatic rings. The number of hydrogen-bond acceptors (Lipinski definition) is 2. The van der Waals surface area contributed by atoms with Gasteiger partial charge in [0, 0.05) is 24.3 Å². The van der Waals surface area contributed by atoms with Crippen molar-refractivity contribution in [3.63, 3.8) is 0 Å². The summed E-state index contributed by atoms with van der Waals surface area (Å²) >= 11 is 0. The summed E-state index contributed by atoms with van der Waals surface area (Å²) in [7, 11) is 1.98. The van der Waals surface area contributed by atoms with Gasteiger partial charge in [0.2, 0.25) is 0 Å². The maximum Gasteiger partial charge on any atom is 0.0537 e. The van der Waals surface area contributed by atoms with Crippen LogP contribution in [-0.4, -0.2) is 16.8 Å². The lowest BCUT2D eigenvalue weighted by Gasteiger charge is -2.05. The van der Waals surface area contributed by atoms with Crippen molar-refractivity contribution in [1.29, 1.82) is 0 Å². The van der Waals surface area contributed by atoms with E-state index in [0.29, 0.717) is 0 Å². The van der Waals surface area contributed by atoms with Crippen LogP contribution >= 0.6 is 0 Å². The zero-order valence-corrected chi connectivity index (χ0v) is 12.3. The topological polar surface area (TPSA) is 29.9 Å². The van der Waals surface area contributed by atoms with E-state index in [2.05, 4.69) is 28.9 Å². The highest BCUT2D eigenvalue weighted by Gasteiger charge is 2.04. The first-order chi connectivity index (χ1) is 8.79. The van der Waals surface area contributed by atoms with Gasteiger partial charge < -0.3 is 5.32 Å². The van der Waals surface area contributed by atoms with Crippen LogP contribution in [-0.2, 0) is 13.1 Å². The summed E-state index contributed by atoms with van der Waals surface area (Å²) in [5.74, 6) is 0. The third-order valence-electron chi connectivity index (χ3n) is 3.55. The molecule has 1 aromatic heterocycles. The Hall–Kier alpha value is -0.830. The minimum atomic E-state index is 0.919. The first-order valence-electron chi connectivity index (χ1n) is 7.45. The number of aryl methyl sites for hydroxylation is 1. The second kappa shape index (κ2) is 9.15. The van der Waals surface area contributed by atoms with Crippen LogP contribution in [0.25, 0.3) is 0 Å². The van der Waals surface area contributed by atoms with Crippen LogP contribution in [0.2, 0.25) is 0 Å². The van der Waals surface area contributed by atoms with Gasteiger partial charge in [-0.05, 0) is 20.4 Å². The zero-order valence-electron chi connectivity index (χ0n) is 12.3. The quantitative estimate of drug-likeness (QED) is 0.643. The molecule has 0 spiro atoms. The first kappa shape index (κ1) is 15.2. The molecule has 0 radical (unpaired) electrons. The number of rotatable bonds is 10. The van der Waals surface area contributed by atoms with Crippen LogP contribution < -0.4 is 5.32 Å². The second-order valence-corrected chi connectivity index (χ2v) is 5.13. The van der Waals surface area contributed by atoms with E-state index in [1.165, 1.54) is 56.2 Å². The highest BCUT2D eigenvalue weighted by molar-refractivity contribution is 5.15. The minimum absolute atomic E-state index is 0.919. The molecule has 1 rings (SSSR count). The standard InChI is InChI=1S/C15H29N3/c1-4-5-6-7-8-9-10-11-18-14(2)15(12-16-3)13-17-18/h13,16H,4-12H2,1-3H3. The van der Waals surface area contributed by atoms with Crippen LogP contribution in [0, 0.1) is 6.92 Å². The van der Waals surface area contributed by atoms with E-state index in [9.17, 15) is 0 Å². The molecule has 3 nitrogen and oxygen atoms in total. The average Bonchev–Trinajstić information content (AvgIpc) is 2.71. The summed E-state index contributed by atoms with van der Waals surface area (Å²) in [6.07, 6.45) is 11.5. The van der Waals surface area contributed by atoms with Crippen molar-refractivity contribution in [1.82, 2.24) is 15.1 Å². The molecular formula is C15H29N3. The van der Waals surface area contributed by atoms with E-state index in [4.69, 9.17) is 0 Å². The zero-order chi connectivity index (χ0) is 13.2. The number of unbranched alkanes of at least 4 members (excludes halogenated alkanes) is 6. The second-order valence-electron chi connectivity index (χ2n) is 5.13. The van der Waals surface area contributed by atoms with Gasteiger partial charge in [0.05, 0.1) is 6.20 Å². The van der Waals surface area contributed by atoms with Crippen molar-refractivity contribution in [3.05, 3.63) is 17.5 Å². The number of aromatic nitrogens is 2. The van der Waals surface area contributed by atoms with Gasteiger partial charge in [-0.1, -0.05) is 45.4 Å². The van der Waals surface area contributed by atoms with Crippen LogP contribution in [0.1, 0.15) is 63.1 Å². The summed E-state index contributed by atoms with van der Waals surface area (Å²) in [6, 6.07) is 0. The normalized spacial score (nSPS) is 11.1. The molecule has 0 unspecified atom stereocenters. The minimum Gasteiger partial charge on any atom is -0.316 e. The molecule has 18 heavy (non-hydrogen) atoms. The Kier molecular flexibility index (Phi) is 7.74. The van der Waals surface area contributed by atoms with E-state index >= 15 is 0 Å². The maximum absolute atomic E-state index is 4.46. The molecule has 0 atom stereocenters. The Bertz CT molecular complexity index is 318. The van der Waals surface area contributed by atoms with Crippen molar-refractivity contribution < 1.29 is 0 Å². The van der Waals surface area contributed by atoms with Crippen molar-refractivity contribution >= 4 is 0 Å².